The maximum atomic E-state index is 8.98. The third kappa shape index (κ3) is 3.72. The number of benzene rings is 1. The molecule has 0 aliphatic carbocycles. The molecule has 1 heterocycles. The first-order valence-electron chi connectivity index (χ1n) is 7.39. The number of aromatic nitrogens is 1. The summed E-state index contributed by atoms with van der Waals surface area (Å²) in [4.78, 5) is 4.41. The molecular weight excluding hydrogens is 292 g/mol. The molecule has 0 aliphatic heterocycles. The van der Waals surface area contributed by atoms with E-state index in [-0.39, 0.29) is 0 Å². The van der Waals surface area contributed by atoms with Gasteiger partial charge in [-0.25, -0.2) is 0 Å². The number of rotatable bonds is 6. The van der Waals surface area contributed by atoms with Gasteiger partial charge in [-0.05, 0) is 32.9 Å². The van der Waals surface area contributed by atoms with E-state index in [4.69, 9.17) is 19.5 Å². The molecule has 0 amide bonds. The van der Waals surface area contributed by atoms with Crippen LogP contribution in [-0.2, 0) is 6.61 Å². The first-order chi connectivity index (χ1) is 11.1. The number of pyridine rings is 1. The second-order valence-electron chi connectivity index (χ2n) is 5.04. The third-order valence-corrected chi connectivity index (χ3v) is 3.49. The van der Waals surface area contributed by atoms with Crippen molar-refractivity contribution in [1.82, 2.24) is 4.98 Å². The summed E-state index contributed by atoms with van der Waals surface area (Å²) in [7, 11) is 1.65. The van der Waals surface area contributed by atoms with E-state index in [2.05, 4.69) is 11.1 Å². The monoisotopic (exact) mass is 312 g/mol. The summed E-state index contributed by atoms with van der Waals surface area (Å²) in [5, 5.41) is 8.98. The molecule has 5 heteroatoms. The van der Waals surface area contributed by atoms with Gasteiger partial charge in [0.2, 0.25) is 0 Å². The lowest BCUT2D eigenvalue weighted by Crippen LogP contribution is -2.05. The van der Waals surface area contributed by atoms with Crippen LogP contribution in [0.15, 0.2) is 24.4 Å². The van der Waals surface area contributed by atoms with Gasteiger partial charge in [-0.3, -0.25) is 4.98 Å². The Kier molecular flexibility index (Phi) is 5.42. The van der Waals surface area contributed by atoms with Crippen molar-refractivity contribution in [3.8, 4) is 23.3 Å². The lowest BCUT2D eigenvalue weighted by atomic mass is 10.1. The van der Waals surface area contributed by atoms with Crippen LogP contribution in [0.3, 0.4) is 0 Å². The fraction of sp³-hybridized carbons (Fsp3) is 0.333. The Bertz CT molecular complexity index is 736. The van der Waals surface area contributed by atoms with Gasteiger partial charge >= 0.3 is 0 Å². The standard InChI is InChI=1S/C18H20N2O3/c1-5-22-17-8-14(9-19)6-7-16(17)23-11-15-13(3)18(21-4)12(2)10-20-15/h6-8,10H,5,11H2,1-4H3. The van der Waals surface area contributed by atoms with E-state index in [1.54, 1.807) is 31.5 Å². The lowest BCUT2D eigenvalue weighted by molar-refractivity contribution is 0.265. The molecule has 0 radical (unpaired) electrons. The van der Waals surface area contributed by atoms with E-state index in [1.165, 1.54) is 0 Å². The number of nitriles is 1. The van der Waals surface area contributed by atoms with E-state index in [0.717, 1.165) is 22.6 Å². The topological polar surface area (TPSA) is 64.4 Å². The highest BCUT2D eigenvalue weighted by atomic mass is 16.5. The van der Waals surface area contributed by atoms with E-state index >= 15 is 0 Å². The second kappa shape index (κ2) is 7.50. The number of ether oxygens (including phenoxy) is 3. The van der Waals surface area contributed by atoms with Crippen molar-refractivity contribution in [2.24, 2.45) is 0 Å². The molecule has 0 fully saturated rings. The molecule has 0 N–H and O–H groups in total. The van der Waals surface area contributed by atoms with Crippen LogP contribution >= 0.6 is 0 Å². The summed E-state index contributed by atoms with van der Waals surface area (Å²) >= 11 is 0. The highest BCUT2D eigenvalue weighted by Crippen LogP contribution is 2.30. The molecule has 0 saturated carbocycles. The van der Waals surface area contributed by atoms with E-state index in [1.807, 2.05) is 20.8 Å². The molecule has 0 aliphatic rings. The van der Waals surface area contributed by atoms with E-state index in [9.17, 15) is 0 Å². The van der Waals surface area contributed by atoms with Gasteiger partial charge in [0, 0.05) is 23.4 Å². The zero-order chi connectivity index (χ0) is 16.8. The van der Waals surface area contributed by atoms with Gasteiger partial charge in [0.1, 0.15) is 12.4 Å². The van der Waals surface area contributed by atoms with Gasteiger partial charge in [0.15, 0.2) is 11.5 Å². The molecular formula is C18H20N2O3. The van der Waals surface area contributed by atoms with Gasteiger partial charge < -0.3 is 14.2 Å². The first kappa shape index (κ1) is 16.6. The third-order valence-electron chi connectivity index (χ3n) is 3.49. The first-order valence-corrected chi connectivity index (χ1v) is 7.39. The van der Waals surface area contributed by atoms with Gasteiger partial charge in [0.25, 0.3) is 0 Å². The highest BCUT2D eigenvalue weighted by molar-refractivity contribution is 5.47. The van der Waals surface area contributed by atoms with Crippen molar-refractivity contribution in [3.63, 3.8) is 0 Å². The SMILES string of the molecule is CCOc1cc(C#N)ccc1OCc1ncc(C)c(OC)c1C. The van der Waals surface area contributed by atoms with Gasteiger partial charge in [0.05, 0.1) is 31.0 Å². The zero-order valence-electron chi connectivity index (χ0n) is 13.8. The van der Waals surface area contributed by atoms with Gasteiger partial charge in [-0.1, -0.05) is 0 Å². The number of hydrogen-bond acceptors (Lipinski definition) is 5. The number of methoxy groups -OCH3 is 1. The molecule has 2 aromatic rings. The van der Waals surface area contributed by atoms with Crippen LogP contribution in [0.2, 0.25) is 0 Å². The number of aryl methyl sites for hydroxylation is 1. The van der Waals surface area contributed by atoms with Crippen molar-refractivity contribution in [1.29, 1.82) is 5.26 Å². The molecule has 0 spiro atoms. The maximum Gasteiger partial charge on any atom is 0.162 e. The highest BCUT2D eigenvalue weighted by Gasteiger charge is 2.12. The van der Waals surface area contributed by atoms with Gasteiger partial charge in [-0.15, -0.1) is 0 Å². The van der Waals surface area contributed by atoms with E-state index < -0.39 is 0 Å². The summed E-state index contributed by atoms with van der Waals surface area (Å²) in [6.45, 7) is 6.60. The average Bonchev–Trinajstić information content (AvgIpc) is 2.55. The molecule has 1 aromatic heterocycles. The predicted octanol–water partition coefficient (Wildman–Crippen LogP) is 3.56. The smallest absolute Gasteiger partial charge is 0.162 e. The lowest BCUT2D eigenvalue weighted by Gasteiger charge is -2.15. The normalized spacial score (nSPS) is 10.0. The molecule has 5 nitrogen and oxygen atoms in total. The molecule has 0 atom stereocenters. The van der Waals surface area contributed by atoms with Crippen LogP contribution in [0.25, 0.3) is 0 Å². The Morgan fingerprint density at radius 2 is 1.96 bits per heavy atom. The maximum absolute atomic E-state index is 8.98. The van der Waals surface area contributed by atoms with Crippen molar-refractivity contribution < 1.29 is 14.2 Å². The van der Waals surface area contributed by atoms with Gasteiger partial charge in [-0.2, -0.15) is 5.26 Å². The molecule has 1 aromatic carbocycles. The molecule has 120 valence electrons. The molecule has 23 heavy (non-hydrogen) atoms. The Balaban J connectivity index is 2.23. The summed E-state index contributed by atoms with van der Waals surface area (Å²) in [5.41, 5.74) is 3.28. The van der Waals surface area contributed by atoms with Crippen molar-refractivity contribution >= 4 is 0 Å². The quantitative estimate of drug-likeness (QED) is 0.816. The minimum atomic E-state index is 0.300. The largest absolute Gasteiger partial charge is 0.496 e. The Morgan fingerprint density at radius 3 is 2.61 bits per heavy atom. The fourth-order valence-electron chi connectivity index (χ4n) is 2.33. The average molecular weight is 312 g/mol. The zero-order valence-corrected chi connectivity index (χ0v) is 13.8. The predicted molar refractivity (Wildman–Crippen MR) is 86.9 cm³/mol. The summed E-state index contributed by atoms with van der Waals surface area (Å²) in [5.74, 6) is 1.97. The van der Waals surface area contributed by atoms with E-state index in [0.29, 0.717) is 30.3 Å². The van der Waals surface area contributed by atoms with Crippen LogP contribution in [0.5, 0.6) is 17.2 Å². The molecule has 2 rings (SSSR count). The van der Waals surface area contributed by atoms with Crippen LogP contribution in [0.1, 0.15) is 29.3 Å². The molecule has 0 unspecified atom stereocenters. The summed E-state index contributed by atoms with van der Waals surface area (Å²) in [6, 6.07) is 7.21. The van der Waals surface area contributed by atoms with Crippen LogP contribution < -0.4 is 14.2 Å². The van der Waals surface area contributed by atoms with Crippen LogP contribution in [0.4, 0.5) is 0 Å². The number of hydrogen-bond donors (Lipinski definition) is 0. The summed E-state index contributed by atoms with van der Waals surface area (Å²) in [6.07, 6.45) is 1.77. The van der Waals surface area contributed by atoms with Crippen molar-refractivity contribution in [2.45, 2.75) is 27.4 Å². The molecule has 0 bridgehead atoms. The van der Waals surface area contributed by atoms with Crippen LogP contribution in [0, 0.1) is 25.2 Å². The number of nitrogens with zero attached hydrogens (tertiary/aromatic N) is 2. The Morgan fingerprint density at radius 1 is 1.17 bits per heavy atom. The van der Waals surface area contributed by atoms with Crippen molar-refractivity contribution in [2.75, 3.05) is 13.7 Å². The van der Waals surface area contributed by atoms with Crippen molar-refractivity contribution in [3.05, 3.63) is 46.8 Å². The minimum absolute atomic E-state index is 0.300. The Labute approximate surface area is 136 Å². The second-order valence-corrected chi connectivity index (χ2v) is 5.04. The fourth-order valence-corrected chi connectivity index (χ4v) is 2.33. The minimum Gasteiger partial charge on any atom is -0.496 e. The van der Waals surface area contributed by atoms with Crippen LogP contribution in [-0.4, -0.2) is 18.7 Å². The Hall–Kier alpha value is -2.74. The summed E-state index contributed by atoms with van der Waals surface area (Å²) < 4.78 is 16.8. The molecule has 0 saturated heterocycles.